The second kappa shape index (κ2) is 5.45. The first kappa shape index (κ1) is 12.3. The molecule has 0 N–H and O–H groups in total. The number of ether oxygens (including phenoxy) is 1. The van der Waals surface area contributed by atoms with Crippen molar-refractivity contribution < 1.29 is 14.1 Å². The van der Waals surface area contributed by atoms with Crippen LogP contribution in [0.25, 0.3) is 0 Å². The van der Waals surface area contributed by atoms with Gasteiger partial charge in [-0.25, -0.2) is 4.57 Å². The minimum Gasteiger partial charge on any atom is -0.497 e. The van der Waals surface area contributed by atoms with Gasteiger partial charge in [-0.05, 0) is 31.2 Å². The Hall–Kier alpha value is -2.16. The maximum atomic E-state index is 11.2. The number of hydrogen-bond donors (Lipinski definition) is 0. The summed E-state index contributed by atoms with van der Waals surface area (Å²) in [7, 11) is 1.66. The van der Waals surface area contributed by atoms with Crippen LogP contribution in [-0.2, 0) is 6.54 Å². The molecular weight excluding hydrogens is 226 g/mol. The highest BCUT2D eigenvalue weighted by Gasteiger charge is 2.05. The topological polar surface area (TPSA) is 30.2 Å². The average molecular weight is 242 g/mol. The first-order valence-corrected chi connectivity index (χ1v) is 5.82. The second-order valence-corrected chi connectivity index (χ2v) is 4.16. The molecule has 3 nitrogen and oxygen atoms in total. The fraction of sp³-hybridized carbons (Fsp3) is 0.200. The van der Waals surface area contributed by atoms with Gasteiger partial charge in [-0.3, -0.25) is 4.79 Å². The van der Waals surface area contributed by atoms with Gasteiger partial charge in [0, 0.05) is 23.3 Å². The van der Waals surface area contributed by atoms with Gasteiger partial charge in [-0.2, -0.15) is 0 Å². The van der Waals surface area contributed by atoms with Crippen molar-refractivity contribution in [1.82, 2.24) is 0 Å². The number of rotatable bonds is 4. The van der Waals surface area contributed by atoms with Gasteiger partial charge in [-0.1, -0.05) is 0 Å². The van der Waals surface area contributed by atoms with E-state index in [2.05, 4.69) is 0 Å². The maximum absolute atomic E-state index is 11.2. The van der Waals surface area contributed by atoms with E-state index in [0.717, 1.165) is 17.9 Å². The Bertz CT molecular complexity index is 529. The molecule has 1 aromatic carbocycles. The lowest BCUT2D eigenvalue weighted by molar-refractivity contribution is -0.688. The standard InChI is InChI=1S/C15H16NO2/c1-12(17)14-7-9-16(10-8-14)11-13-3-5-15(18-2)6-4-13/h3-10H,11H2,1-2H3/q+1. The summed E-state index contributed by atoms with van der Waals surface area (Å²) in [6, 6.07) is 11.6. The van der Waals surface area contributed by atoms with Gasteiger partial charge < -0.3 is 4.74 Å². The van der Waals surface area contributed by atoms with E-state index in [1.165, 1.54) is 5.56 Å². The Labute approximate surface area is 107 Å². The zero-order valence-corrected chi connectivity index (χ0v) is 10.6. The first-order chi connectivity index (χ1) is 8.69. The van der Waals surface area contributed by atoms with Crippen molar-refractivity contribution in [3.8, 4) is 5.75 Å². The van der Waals surface area contributed by atoms with Gasteiger partial charge in [0.1, 0.15) is 5.75 Å². The Morgan fingerprint density at radius 1 is 1.11 bits per heavy atom. The Kier molecular flexibility index (Phi) is 3.72. The van der Waals surface area contributed by atoms with E-state index >= 15 is 0 Å². The first-order valence-electron chi connectivity index (χ1n) is 5.82. The number of methoxy groups -OCH3 is 1. The fourth-order valence-electron chi connectivity index (χ4n) is 1.74. The molecule has 0 saturated carbocycles. The van der Waals surface area contributed by atoms with Crippen LogP contribution in [-0.4, -0.2) is 12.9 Å². The monoisotopic (exact) mass is 242 g/mol. The smallest absolute Gasteiger partial charge is 0.173 e. The molecule has 1 heterocycles. The third-order valence-corrected chi connectivity index (χ3v) is 2.82. The lowest BCUT2D eigenvalue weighted by Crippen LogP contribution is -2.33. The van der Waals surface area contributed by atoms with Crippen molar-refractivity contribution >= 4 is 5.78 Å². The molecule has 3 heteroatoms. The van der Waals surface area contributed by atoms with Crippen molar-refractivity contribution in [3.05, 3.63) is 59.9 Å². The van der Waals surface area contributed by atoms with Gasteiger partial charge in [0.15, 0.2) is 24.7 Å². The highest BCUT2D eigenvalue weighted by Crippen LogP contribution is 2.10. The zero-order valence-electron chi connectivity index (χ0n) is 10.6. The van der Waals surface area contributed by atoms with Crippen LogP contribution in [0.5, 0.6) is 5.75 Å². The number of benzene rings is 1. The number of ketones is 1. The van der Waals surface area contributed by atoms with Crippen LogP contribution in [0.15, 0.2) is 48.8 Å². The predicted molar refractivity (Wildman–Crippen MR) is 68.7 cm³/mol. The van der Waals surface area contributed by atoms with E-state index in [4.69, 9.17) is 4.74 Å². The minimum absolute atomic E-state index is 0.0894. The summed E-state index contributed by atoms with van der Waals surface area (Å²) >= 11 is 0. The Morgan fingerprint density at radius 2 is 1.72 bits per heavy atom. The molecule has 0 atom stereocenters. The molecule has 0 unspecified atom stereocenters. The van der Waals surface area contributed by atoms with Crippen LogP contribution in [0, 0.1) is 0 Å². The van der Waals surface area contributed by atoms with Crippen molar-refractivity contribution in [3.63, 3.8) is 0 Å². The van der Waals surface area contributed by atoms with E-state index in [1.54, 1.807) is 14.0 Å². The molecule has 0 amide bonds. The number of nitrogens with zero attached hydrogens (tertiary/aromatic N) is 1. The van der Waals surface area contributed by atoms with Crippen molar-refractivity contribution in [1.29, 1.82) is 0 Å². The van der Waals surface area contributed by atoms with Gasteiger partial charge in [-0.15, -0.1) is 0 Å². The number of carbonyl (C=O) groups is 1. The van der Waals surface area contributed by atoms with Crippen LogP contribution in [0.2, 0.25) is 0 Å². The van der Waals surface area contributed by atoms with E-state index in [1.807, 2.05) is 53.4 Å². The third kappa shape index (κ3) is 2.94. The highest BCUT2D eigenvalue weighted by molar-refractivity contribution is 5.93. The van der Waals surface area contributed by atoms with E-state index < -0.39 is 0 Å². The van der Waals surface area contributed by atoms with E-state index in [-0.39, 0.29) is 5.78 Å². The van der Waals surface area contributed by atoms with Crippen LogP contribution >= 0.6 is 0 Å². The second-order valence-electron chi connectivity index (χ2n) is 4.16. The molecule has 0 saturated heterocycles. The number of carbonyl (C=O) groups excluding carboxylic acids is 1. The lowest BCUT2D eigenvalue weighted by atomic mass is 10.2. The molecule has 0 aliphatic rings. The molecule has 0 aliphatic carbocycles. The maximum Gasteiger partial charge on any atom is 0.173 e. The summed E-state index contributed by atoms with van der Waals surface area (Å²) in [4.78, 5) is 11.2. The number of aromatic nitrogens is 1. The van der Waals surface area contributed by atoms with Crippen LogP contribution in [0.4, 0.5) is 0 Å². The summed E-state index contributed by atoms with van der Waals surface area (Å²) in [6.45, 7) is 2.35. The van der Waals surface area contributed by atoms with Crippen molar-refractivity contribution in [2.75, 3.05) is 7.11 Å². The van der Waals surface area contributed by atoms with Gasteiger partial charge in [0.2, 0.25) is 0 Å². The molecule has 2 aromatic rings. The molecular formula is C15H16NO2+. The number of pyridine rings is 1. The summed E-state index contributed by atoms with van der Waals surface area (Å²) in [5, 5.41) is 0. The number of Topliss-reactive ketones (excluding diaryl/α,β-unsaturated/α-hetero) is 1. The summed E-state index contributed by atoms with van der Waals surface area (Å²) in [5.74, 6) is 0.947. The third-order valence-electron chi connectivity index (χ3n) is 2.82. The predicted octanol–water partition coefficient (Wildman–Crippen LogP) is 2.23. The molecule has 0 radical (unpaired) electrons. The summed E-state index contributed by atoms with van der Waals surface area (Å²) in [6.07, 6.45) is 3.84. The van der Waals surface area contributed by atoms with Crippen molar-refractivity contribution in [2.45, 2.75) is 13.5 Å². The fourth-order valence-corrected chi connectivity index (χ4v) is 1.74. The SMILES string of the molecule is COc1ccc(C[n+]2ccc(C(C)=O)cc2)cc1. The molecule has 0 fully saturated rings. The van der Waals surface area contributed by atoms with Gasteiger partial charge in [0.25, 0.3) is 0 Å². The molecule has 0 aliphatic heterocycles. The molecule has 0 spiro atoms. The molecule has 92 valence electrons. The zero-order chi connectivity index (χ0) is 13.0. The normalized spacial score (nSPS) is 10.1. The van der Waals surface area contributed by atoms with Crippen molar-refractivity contribution in [2.24, 2.45) is 0 Å². The molecule has 18 heavy (non-hydrogen) atoms. The lowest BCUT2D eigenvalue weighted by Gasteiger charge is -2.01. The molecule has 2 rings (SSSR count). The quantitative estimate of drug-likeness (QED) is 0.608. The van der Waals surface area contributed by atoms with Crippen LogP contribution in [0.1, 0.15) is 22.8 Å². The van der Waals surface area contributed by atoms with Crippen LogP contribution in [0.3, 0.4) is 0 Å². The van der Waals surface area contributed by atoms with E-state index in [0.29, 0.717) is 0 Å². The number of hydrogen-bond acceptors (Lipinski definition) is 2. The molecule has 1 aromatic heterocycles. The highest BCUT2D eigenvalue weighted by atomic mass is 16.5. The molecule has 0 bridgehead atoms. The Balaban J connectivity index is 2.10. The van der Waals surface area contributed by atoms with Gasteiger partial charge >= 0.3 is 0 Å². The Morgan fingerprint density at radius 3 is 2.22 bits per heavy atom. The minimum atomic E-state index is 0.0894. The van der Waals surface area contributed by atoms with E-state index in [9.17, 15) is 4.79 Å². The van der Waals surface area contributed by atoms with Crippen LogP contribution < -0.4 is 9.30 Å². The average Bonchev–Trinajstić information content (AvgIpc) is 2.40. The largest absolute Gasteiger partial charge is 0.497 e. The summed E-state index contributed by atoms with van der Waals surface area (Å²) < 4.78 is 7.15. The summed E-state index contributed by atoms with van der Waals surface area (Å²) in [5.41, 5.74) is 1.93. The van der Waals surface area contributed by atoms with Gasteiger partial charge in [0.05, 0.1) is 7.11 Å².